The molecule has 0 aromatic carbocycles. The molecule has 0 aliphatic rings. The Morgan fingerprint density at radius 1 is 1.24 bits per heavy atom. The number of rotatable bonds is 6. The third-order valence-corrected chi connectivity index (χ3v) is 2.78. The molecule has 1 atom stereocenters. The zero-order valence-electron chi connectivity index (χ0n) is 11.3. The monoisotopic (exact) mass is 236 g/mol. The first-order valence-electron chi connectivity index (χ1n) is 6.08. The van der Waals surface area contributed by atoms with E-state index in [4.69, 9.17) is 5.73 Å². The summed E-state index contributed by atoms with van der Waals surface area (Å²) in [5.74, 6) is 0. The van der Waals surface area contributed by atoms with Gasteiger partial charge in [-0.05, 0) is 46.1 Å². The largest absolute Gasteiger partial charge is 0.373 e. The molecule has 0 fully saturated rings. The molecule has 0 radical (unpaired) electrons. The van der Waals surface area contributed by atoms with Crippen molar-refractivity contribution in [2.45, 2.75) is 19.4 Å². The van der Waals surface area contributed by atoms with Crippen molar-refractivity contribution in [3.8, 4) is 0 Å². The van der Waals surface area contributed by atoms with Gasteiger partial charge in [-0.1, -0.05) is 0 Å². The first-order valence-corrected chi connectivity index (χ1v) is 6.08. The van der Waals surface area contributed by atoms with Crippen LogP contribution in [-0.4, -0.2) is 44.1 Å². The first kappa shape index (κ1) is 13.9. The van der Waals surface area contributed by atoms with Gasteiger partial charge < -0.3 is 15.5 Å². The van der Waals surface area contributed by atoms with E-state index in [0.29, 0.717) is 0 Å². The van der Waals surface area contributed by atoms with Crippen LogP contribution in [0.2, 0.25) is 0 Å². The topological polar surface area (TPSA) is 45.4 Å². The molecular formula is C13H24N4. The molecule has 0 aliphatic heterocycles. The van der Waals surface area contributed by atoms with E-state index in [2.05, 4.69) is 42.0 Å². The molecule has 4 heteroatoms. The minimum atomic E-state index is 0.00287. The standard InChI is InChI=1S/C13H24N4/c1-11(14)13-7-6-12(10-15-13)17(4)9-5-8-16(2)3/h6-7,10-11H,5,8-9,14H2,1-4H3/t11-/m0/s1. The fourth-order valence-corrected chi connectivity index (χ4v) is 1.65. The molecule has 1 rings (SSSR count). The molecule has 0 saturated heterocycles. The lowest BCUT2D eigenvalue weighted by molar-refractivity contribution is 0.401. The van der Waals surface area contributed by atoms with E-state index in [-0.39, 0.29) is 6.04 Å². The molecule has 0 amide bonds. The van der Waals surface area contributed by atoms with Crippen molar-refractivity contribution >= 4 is 5.69 Å². The average Bonchev–Trinajstić information content (AvgIpc) is 2.28. The van der Waals surface area contributed by atoms with Crippen LogP contribution in [-0.2, 0) is 0 Å². The number of nitrogens with two attached hydrogens (primary N) is 1. The second-order valence-corrected chi connectivity index (χ2v) is 4.81. The van der Waals surface area contributed by atoms with Crippen molar-refractivity contribution in [3.63, 3.8) is 0 Å². The lowest BCUT2D eigenvalue weighted by atomic mass is 10.2. The number of hydrogen-bond donors (Lipinski definition) is 1. The highest BCUT2D eigenvalue weighted by Gasteiger charge is 2.04. The SMILES string of the molecule is C[C@H](N)c1ccc(N(C)CCCN(C)C)cn1. The van der Waals surface area contributed by atoms with Gasteiger partial charge in [0, 0.05) is 19.6 Å². The van der Waals surface area contributed by atoms with Gasteiger partial charge in [0.15, 0.2) is 0 Å². The Hall–Kier alpha value is -1.13. The lowest BCUT2D eigenvalue weighted by Crippen LogP contribution is -2.23. The smallest absolute Gasteiger partial charge is 0.0569 e. The van der Waals surface area contributed by atoms with Gasteiger partial charge in [0.2, 0.25) is 0 Å². The molecule has 0 aliphatic carbocycles. The predicted molar refractivity (Wildman–Crippen MR) is 73.3 cm³/mol. The second kappa shape index (κ2) is 6.57. The van der Waals surface area contributed by atoms with Crippen LogP contribution >= 0.6 is 0 Å². The van der Waals surface area contributed by atoms with E-state index in [1.807, 2.05) is 19.2 Å². The molecular weight excluding hydrogens is 212 g/mol. The van der Waals surface area contributed by atoms with Crippen LogP contribution in [0.3, 0.4) is 0 Å². The summed E-state index contributed by atoms with van der Waals surface area (Å²) in [5, 5.41) is 0. The second-order valence-electron chi connectivity index (χ2n) is 4.81. The Labute approximate surface area is 104 Å². The van der Waals surface area contributed by atoms with Crippen LogP contribution < -0.4 is 10.6 Å². The Morgan fingerprint density at radius 3 is 2.41 bits per heavy atom. The van der Waals surface area contributed by atoms with Crippen LogP contribution in [0, 0.1) is 0 Å². The Kier molecular flexibility index (Phi) is 5.38. The normalized spacial score (nSPS) is 12.8. The van der Waals surface area contributed by atoms with Crippen molar-refractivity contribution in [1.29, 1.82) is 0 Å². The minimum Gasteiger partial charge on any atom is -0.373 e. The summed E-state index contributed by atoms with van der Waals surface area (Å²) in [7, 11) is 6.29. The quantitative estimate of drug-likeness (QED) is 0.813. The highest BCUT2D eigenvalue weighted by molar-refractivity contribution is 5.43. The molecule has 1 aromatic rings. The number of hydrogen-bond acceptors (Lipinski definition) is 4. The fourth-order valence-electron chi connectivity index (χ4n) is 1.65. The van der Waals surface area contributed by atoms with Crippen molar-refractivity contribution in [1.82, 2.24) is 9.88 Å². The third kappa shape index (κ3) is 4.71. The van der Waals surface area contributed by atoms with Crippen LogP contribution in [0.25, 0.3) is 0 Å². The minimum absolute atomic E-state index is 0.00287. The summed E-state index contributed by atoms with van der Waals surface area (Å²) in [4.78, 5) is 8.79. The van der Waals surface area contributed by atoms with E-state index in [1.165, 1.54) is 0 Å². The Bertz CT molecular complexity index is 319. The zero-order valence-corrected chi connectivity index (χ0v) is 11.3. The van der Waals surface area contributed by atoms with Gasteiger partial charge in [0.1, 0.15) is 0 Å². The molecule has 0 spiro atoms. The van der Waals surface area contributed by atoms with Gasteiger partial charge in [0.25, 0.3) is 0 Å². The van der Waals surface area contributed by atoms with E-state index in [9.17, 15) is 0 Å². The number of nitrogens with zero attached hydrogens (tertiary/aromatic N) is 3. The summed E-state index contributed by atoms with van der Waals surface area (Å²) in [6.45, 7) is 4.09. The molecule has 96 valence electrons. The van der Waals surface area contributed by atoms with Gasteiger partial charge in [-0.15, -0.1) is 0 Å². The van der Waals surface area contributed by atoms with Crippen molar-refractivity contribution in [2.24, 2.45) is 5.73 Å². The number of pyridine rings is 1. The maximum Gasteiger partial charge on any atom is 0.0569 e. The van der Waals surface area contributed by atoms with E-state index < -0.39 is 0 Å². The number of aromatic nitrogens is 1. The maximum atomic E-state index is 5.77. The van der Waals surface area contributed by atoms with Gasteiger partial charge in [-0.25, -0.2) is 0 Å². The van der Waals surface area contributed by atoms with Crippen molar-refractivity contribution in [3.05, 3.63) is 24.0 Å². The van der Waals surface area contributed by atoms with Gasteiger partial charge >= 0.3 is 0 Å². The first-order chi connectivity index (χ1) is 8.00. The zero-order chi connectivity index (χ0) is 12.8. The Morgan fingerprint density at radius 2 is 1.94 bits per heavy atom. The van der Waals surface area contributed by atoms with Crippen LogP contribution in [0.5, 0.6) is 0 Å². The number of anilines is 1. The van der Waals surface area contributed by atoms with E-state index >= 15 is 0 Å². The van der Waals surface area contributed by atoms with E-state index in [1.54, 1.807) is 0 Å². The Balaban J connectivity index is 2.48. The van der Waals surface area contributed by atoms with Crippen molar-refractivity contribution in [2.75, 3.05) is 39.1 Å². The summed E-state index contributed by atoms with van der Waals surface area (Å²) in [6, 6.07) is 4.09. The molecule has 17 heavy (non-hydrogen) atoms. The maximum absolute atomic E-state index is 5.77. The summed E-state index contributed by atoms with van der Waals surface area (Å²) in [6.07, 6.45) is 3.05. The summed E-state index contributed by atoms with van der Waals surface area (Å²) < 4.78 is 0. The van der Waals surface area contributed by atoms with Gasteiger partial charge in [-0.3, -0.25) is 4.98 Å². The third-order valence-electron chi connectivity index (χ3n) is 2.78. The summed E-state index contributed by atoms with van der Waals surface area (Å²) in [5.41, 5.74) is 7.86. The van der Waals surface area contributed by atoms with Gasteiger partial charge in [0.05, 0.1) is 17.6 Å². The molecule has 2 N–H and O–H groups in total. The molecule has 4 nitrogen and oxygen atoms in total. The average molecular weight is 236 g/mol. The molecule has 1 heterocycles. The van der Waals surface area contributed by atoms with Crippen molar-refractivity contribution < 1.29 is 0 Å². The predicted octanol–water partition coefficient (Wildman–Crippen LogP) is 1.49. The molecule has 0 bridgehead atoms. The van der Waals surface area contributed by atoms with Gasteiger partial charge in [-0.2, -0.15) is 0 Å². The van der Waals surface area contributed by atoms with Crippen LogP contribution in [0.4, 0.5) is 5.69 Å². The van der Waals surface area contributed by atoms with E-state index in [0.717, 1.165) is 30.9 Å². The highest BCUT2D eigenvalue weighted by atomic mass is 15.1. The molecule has 0 saturated carbocycles. The summed E-state index contributed by atoms with van der Waals surface area (Å²) >= 11 is 0. The molecule has 0 unspecified atom stereocenters. The molecule has 1 aromatic heterocycles. The lowest BCUT2D eigenvalue weighted by Gasteiger charge is -2.20. The highest BCUT2D eigenvalue weighted by Crippen LogP contribution is 2.14. The van der Waals surface area contributed by atoms with Crippen LogP contribution in [0.1, 0.15) is 25.1 Å². The van der Waals surface area contributed by atoms with Crippen LogP contribution in [0.15, 0.2) is 18.3 Å². The fraction of sp³-hybridized carbons (Fsp3) is 0.615.